The molecule has 0 saturated carbocycles. The summed E-state index contributed by atoms with van der Waals surface area (Å²) in [6, 6.07) is 3.98. The molecule has 0 aliphatic carbocycles. The lowest BCUT2D eigenvalue weighted by molar-refractivity contribution is 0.208. The Labute approximate surface area is 156 Å². The predicted molar refractivity (Wildman–Crippen MR) is 98.8 cm³/mol. The van der Waals surface area contributed by atoms with Crippen molar-refractivity contribution < 1.29 is 26.3 Å². The molecule has 9 nitrogen and oxygen atoms in total. The summed E-state index contributed by atoms with van der Waals surface area (Å²) in [6.07, 6.45) is 0. The van der Waals surface area contributed by atoms with Crippen molar-refractivity contribution >= 4 is 56.9 Å². The summed E-state index contributed by atoms with van der Waals surface area (Å²) in [5, 5.41) is 0. The van der Waals surface area contributed by atoms with Gasteiger partial charge in [0, 0.05) is 35.6 Å². The van der Waals surface area contributed by atoms with Crippen molar-refractivity contribution in [2.24, 2.45) is 0 Å². The Morgan fingerprint density at radius 1 is 0.960 bits per heavy atom. The van der Waals surface area contributed by atoms with Gasteiger partial charge in [-0.25, -0.2) is 0 Å². The number of hydrogen-bond donors (Lipinski definition) is 1. The van der Waals surface area contributed by atoms with E-state index < -0.39 is 18.5 Å². The van der Waals surface area contributed by atoms with Crippen LogP contribution in [0.3, 0.4) is 0 Å². The zero-order valence-electron chi connectivity index (χ0n) is 13.6. The van der Waals surface area contributed by atoms with Crippen LogP contribution in [0.5, 0.6) is 0 Å². The summed E-state index contributed by atoms with van der Waals surface area (Å²) in [4.78, 5) is 0. The van der Waals surface area contributed by atoms with Crippen LogP contribution in [0.4, 0.5) is 17.1 Å². The van der Waals surface area contributed by atoms with Crippen molar-refractivity contribution in [2.75, 3.05) is 54.9 Å². The van der Waals surface area contributed by atoms with Gasteiger partial charge in [0.15, 0.2) is 0 Å². The highest BCUT2D eigenvalue weighted by atomic mass is 35.7. The van der Waals surface area contributed by atoms with E-state index in [1.165, 1.54) is 32.4 Å². The highest BCUT2D eigenvalue weighted by Gasteiger charge is 2.24. The average Bonchev–Trinajstić information content (AvgIpc) is 2.47. The van der Waals surface area contributed by atoms with Crippen LogP contribution in [-0.4, -0.2) is 57.4 Å². The van der Waals surface area contributed by atoms with Crippen molar-refractivity contribution in [1.29, 1.82) is 0 Å². The Hall–Kier alpha value is -0.980. The van der Waals surface area contributed by atoms with E-state index >= 15 is 0 Å². The highest BCUT2D eigenvalue weighted by Crippen LogP contribution is 2.32. The third kappa shape index (κ3) is 6.35. The second kappa shape index (κ2) is 9.10. The van der Waals surface area contributed by atoms with Crippen LogP contribution in [-0.2, 0) is 27.9 Å². The number of halogens is 2. The summed E-state index contributed by atoms with van der Waals surface area (Å²) < 4.78 is 58.4. The summed E-state index contributed by atoms with van der Waals surface area (Å²) in [6.45, 7) is 0.0855. The molecular weight excluding hydrogens is 417 g/mol. The SMILES string of the molecule is COCCN(c1ccc(N(CCOC)S(=O)(=O)Cl)c(N)c1)S(=O)(=O)Cl. The number of rotatable bonds is 10. The second-order valence-corrected chi connectivity index (χ2v) is 9.63. The van der Waals surface area contributed by atoms with E-state index in [1.807, 2.05) is 0 Å². The van der Waals surface area contributed by atoms with Crippen molar-refractivity contribution in [3.05, 3.63) is 18.2 Å². The van der Waals surface area contributed by atoms with E-state index in [0.717, 1.165) is 8.61 Å². The van der Waals surface area contributed by atoms with E-state index in [-0.39, 0.29) is 43.4 Å². The molecule has 0 bridgehead atoms. The maximum atomic E-state index is 11.7. The van der Waals surface area contributed by atoms with Gasteiger partial charge in [0.05, 0.1) is 43.4 Å². The smallest absolute Gasteiger partial charge is 0.321 e. The number of hydrogen-bond acceptors (Lipinski definition) is 7. The molecule has 0 atom stereocenters. The zero-order valence-corrected chi connectivity index (χ0v) is 16.7. The van der Waals surface area contributed by atoms with Gasteiger partial charge < -0.3 is 15.2 Å². The molecule has 0 unspecified atom stereocenters. The quantitative estimate of drug-likeness (QED) is 0.432. The lowest BCUT2D eigenvalue weighted by Gasteiger charge is -2.25. The molecule has 0 aromatic heterocycles. The Morgan fingerprint density at radius 2 is 1.44 bits per heavy atom. The molecular formula is C12H19Cl2N3O6S2. The first-order valence-electron chi connectivity index (χ1n) is 6.84. The van der Waals surface area contributed by atoms with Crippen LogP contribution in [0.2, 0.25) is 0 Å². The van der Waals surface area contributed by atoms with Gasteiger partial charge in [-0.1, -0.05) is 0 Å². The third-order valence-electron chi connectivity index (χ3n) is 3.09. The number of methoxy groups -OCH3 is 2. The summed E-state index contributed by atoms with van der Waals surface area (Å²) in [5.74, 6) is 0. The van der Waals surface area contributed by atoms with E-state index in [0.29, 0.717) is 0 Å². The van der Waals surface area contributed by atoms with Crippen LogP contribution >= 0.6 is 21.4 Å². The minimum Gasteiger partial charge on any atom is -0.397 e. The van der Waals surface area contributed by atoms with Crippen LogP contribution in [0, 0.1) is 0 Å². The minimum atomic E-state index is -4.12. The maximum Gasteiger partial charge on any atom is 0.321 e. The Kier molecular flexibility index (Phi) is 8.03. The topological polar surface area (TPSA) is 119 Å². The first kappa shape index (κ1) is 22.1. The molecule has 0 heterocycles. The lowest BCUT2D eigenvalue weighted by atomic mass is 10.2. The number of ether oxygens (including phenoxy) is 2. The number of nitrogens with zero attached hydrogens (tertiary/aromatic N) is 2. The van der Waals surface area contributed by atoms with Crippen molar-refractivity contribution in [1.82, 2.24) is 0 Å². The number of nitrogen functional groups attached to an aromatic ring is 1. The standard InChI is InChI=1S/C12H19Cl2N3O6S2/c1-22-7-5-16(24(13,18)19)10-3-4-12(11(15)9-10)17(6-8-23-2)25(14,20)21/h3-4,9H,5-8,15H2,1-2H3. The van der Waals surface area contributed by atoms with Crippen LogP contribution < -0.4 is 14.3 Å². The normalized spacial score (nSPS) is 12.2. The fraction of sp³-hybridized carbons (Fsp3) is 0.500. The molecule has 0 radical (unpaired) electrons. The molecule has 1 aromatic rings. The molecule has 2 N–H and O–H groups in total. The molecule has 13 heteroatoms. The molecule has 0 fully saturated rings. The molecule has 0 saturated heterocycles. The van der Waals surface area contributed by atoms with E-state index in [9.17, 15) is 16.8 Å². The number of nitrogens with two attached hydrogens (primary N) is 1. The largest absolute Gasteiger partial charge is 0.397 e. The Bertz CT molecular complexity index is 788. The molecule has 25 heavy (non-hydrogen) atoms. The highest BCUT2D eigenvalue weighted by molar-refractivity contribution is 8.15. The molecule has 144 valence electrons. The molecule has 0 aliphatic heterocycles. The van der Waals surface area contributed by atoms with Gasteiger partial charge in [0.1, 0.15) is 0 Å². The van der Waals surface area contributed by atoms with Crippen molar-refractivity contribution in [3.63, 3.8) is 0 Å². The van der Waals surface area contributed by atoms with Crippen molar-refractivity contribution in [3.8, 4) is 0 Å². The zero-order chi connectivity index (χ0) is 19.3. The minimum absolute atomic E-state index is 0.000520. The summed E-state index contributed by atoms with van der Waals surface area (Å²) in [7, 11) is 5.46. The van der Waals surface area contributed by atoms with Gasteiger partial charge in [-0.2, -0.15) is 16.8 Å². The van der Waals surface area contributed by atoms with Crippen molar-refractivity contribution in [2.45, 2.75) is 0 Å². The summed E-state index contributed by atoms with van der Waals surface area (Å²) in [5.41, 5.74) is 6.15. The maximum absolute atomic E-state index is 11.7. The van der Waals surface area contributed by atoms with Gasteiger partial charge in [0.2, 0.25) is 0 Å². The molecule has 0 aliphatic rings. The summed E-state index contributed by atoms with van der Waals surface area (Å²) >= 11 is 0. The second-order valence-electron chi connectivity index (χ2n) is 4.76. The average molecular weight is 436 g/mol. The number of benzene rings is 1. The molecule has 0 amide bonds. The fourth-order valence-corrected chi connectivity index (χ4v) is 4.21. The monoisotopic (exact) mass is 435 g/mol. The van der Waals surface area contributed by atoms with Gasteiger partial charge in [-0.05, 0) is 18.2 Å². The van der Waals surface area contributed by atoms with Crippen LogP contribution in [0.15, 0.2) is 18.2 Å². The first-order chi connectivity index (χ1) is 11.5. The fourth-order valence-electron chi connectivity index (χ4n) is 1.98. The number of anilines is 3. The van der Waals surface area contributed by atoms with E-state index in [4.69, 9.17) is 36.6 Å². The van der Waals surface area contributed by atoms with E-state index in [1.54, 1.807) is 0 Å². The molecule has 1 aromatic carbocycles. The van der Waals surface area contributed by atoms with Gasteiger partial charge in [-0.15, -0.1) is 0 Å². The van der Waals surface area contributed by atoms with Gasteiger partial charge >= 0.3 is 18.5 Å². The van der Waals surface area contributed by atoms with Gasteiger partial charge in [0.25, 0.3) is 0 Å². The first-order valence-corrected chi connectivity index (χ1v) is 11.4. The third-order valence-corrected chi connectivity index (χ3v) is 5.92. The Balaban J connectivity index is 3.28. The van der Waals surface area contributed by atoms with Crippen LogP contribution in [0.25, 0.3) is 0 Å². The predicted octanol–water partition coefficient (Wildman–Crippen LogP) is 1.14. The molecule has 0 spiro atoms. The lowest BCUT2D eigenvalue weighted by Crippen LogP contribution is -2.32. The Morgan fingerprint density at radius 3 is 1.84 bits per heavy atom. The van der Waals surface area contributed by atoms with E-state index in [2.05, 4.69) is 0 Å². The van der Waals surface area contributed by atoms with Crippen LogP contribution in [0.1, 0.15) is 0 Å². The van der Waals surface area contributed by atoms with Gasteiger partial charge in [-0.3, -0.25) is 8.61 Å². The molecule has 1 rings (SSSR count).